The van der Waals surface area contributed by atoms with Crippen LogP contribution < -0.4 is 11.3 Å². The number of nitrogens with two attached hydrogens (primary N) is 1. The lowest BCUT2D eigenvalue weighted by atomic mass is 10.1. The molecule has 0 unspecified atom stereocenters. The van der Waals surface area contributed by atoms with E-state index < -0.39 is 0 Å². The number of aromatic nitrogens is 1. The molecular weight excluding hydrogens is 224 g/mol. The van der Waals surface area contributed by atoms with Gasteiger partial charge in [-0.25, -0.2) is 10.8 Å². The Morgan fingerprint density at radius 1 is 1.44 bits per heavy atom. The highest BCUT2D eigenvalue weighted by Gasteiger charge is 2.28. The van der Waals surface area contributed by atoms with Gasteiger partial charge in [0.15, 0.2) is 0 Å². The fourth-order valence-corrected chi connectivity index (χ4v) is 2.11. The van der Waals surface area contributed by atoms with E-state index in [1.54, 1.807) is 0 Å². The molecule has 1 aromatic heterocycles. The molecule has 1 saturated carbocycles. The van der Waals surface area contributed by atoms with Gasteiger partial charge >= 0.3 is 0 Å². The Kier molecular flexibility index (Phi) is 4.55. The summed E-state index contributed by atoms with van der Waals surface area (Å²) < 4.78 is 0. The maximum Gasteiger partial charge on any atom is 0.140 e. The first-order valence-corrected chi connectivity index (χ1v) is 6.85. The second-order valence-electron chi connectivity index (χ2n) is 5.54. The Labute approximate surface area is 110 Å². The minimum atomic E-state index is 0.743. The van der Waals surface area contributed by atoms with Crippen molar-refractivity contribution in [2.45, 2.75) is 45.7 Å². The van der Waals surface area contributed by atoms with Crippen molar-refractivity contribution < 1.29 is 0 Å². The van der Waals surface area contributed by atoms with Gasteiger partial charge in [0.1, 0.15) is 5.82 Å². The van der Waals surface area contributed by atoms with Crippen LogP contribution in [0.5, 0.6) is 0 Å². The fraction of sp³-hybridized carbons (Fsp3) is 0.643. The largest absolute Gasteiger partial charge is 0.308 e. The molecule has 0 saturated heterocycles. The lowest BCUT2D eigenvalue weighted by Crippen LogP contribution is -2.28. The predicted molar refractivity (Wildman–Crippen MR) is 74.9 cm³/mol. The van der Waals surface area contributed by atoms with E-state index >= 15 is 0 Å². The van der Waals surface area contributed by atoms with Gasteiger partial charge in [0, 0.05) is 12.6 Å². The van der Waals surface area contributed by atoms with Crippen molar-refractivity contribution in [3.05, 3.63) is 23.9 Å². The fourth-order valence-electron chi connectivity index (χ4n) is 2.11. The van der Waals surface area contributed by atoms with Crippen molar-refractivity contribution in [3.63, 3.8) is 0 Å². The Hall–Kier alpha value is -1.13. The van der Waals surface area contributed by atoms with E-state index in [0.717, 1.165) is 30.0 Å². The number of rotatable bonds is 7. The Balaban J connectivity index is 1.94. The van der Waals surface area contributed by atoms with Crippen molar-refractivity contribution >= 4 is 5.82 Å². The van der Waals surface area contributed by atoms with E-state index in [1.165, 1.54) is 25.8 Å². The number of nitrogens with zero attached hydrogens (tertiary/aromatic N) is 2. The van der Waals surface area contributed by atoms with Crippen LogP contribution in [0.3, 0.4) is 0 Å². The van der Waals surface area contributed by atoms with Crippen LogP contribution >= 0.6 is 0 Å². The van der Waals surface area contributed by atoms with Crippen LogP contribution in [0.4, 0.5) is 5.82 Å². The summed E-state index contributed by atoms with van der Waals surface area (Å²) in [6, 6.07) is 6.75. The monoisotopic (exact) mass is 248 g/mol. The predicted octanol–water partition coefficient (Wildman–Crippen LogP) is 2.38. The molecule has 0 radical (unpaired) electrons. The summed E-state index contributed by atoms with van der Waals surface area (Å²) >= 11 is 0. The number of hydrazine groups is 1. The molecule has 3 N–H and O–H groups in total. The van der Waals surface area contributed by atoms with Gasteiger partial charge in [-0.2, -0.15) is 0 Å². The second kappa shape index (κ2) is 6.16. The average molecular weight is 248 g/mol. The summed E-state index contributed by atoms with van der Waals surface area (Å²) in [5, 5.41) is 0. The van der Waals surface area contributed by atoms with Crippen LogP contribution in [-0.4, -0.2) is 22.5 Å². The molecule has 2 rings (SSSR count). The molecule has 4 nitrogen and oxygen atoms in total. The van der Waals surface area contributed by atoms with Gasteiger partial charge in [0.2, 0.25) is 0 Å². The number of hydrogen-bond donors (Lipinski definition) is 2. The number of pyridine rings is 1. The molecule has 0 bridgehead atoms. The van der Waals surface area contributed by atoms with E-state index in [2.05, 4.69) is 35.2 Å². The highest BCUT2D eigenvalue weighted by atomic mass is 15.3. The quantitative estimate of drug-likeness (QED) is 0.574. The Morgan fingerprint density at radius 2 is 2.22 bits per heavy atom. The molecule has 0 aliphatic heterocycles. The summed E-state index contributed by atoms with van der Waals surface area (Å²) in [6.07, 6.45) is 3.94. The maximum absolute atomic E-state index is 5.39. The molecule has 18 heavy (non-hydrogen) atoms. The van der Waals surface area contributed by atoms with Gasteiger partial charge in [0.05, 0.1) is 5.69 Å². The van der Waals surface area contributed by atoms with Gasteiger partial charge in [0.25, 0.3) is 0 Å². The molecule has 1 heterocycles. The van der Waals surface area contributed by atoms with Crippen LogP contribution in [0, 0.1) is 5.92 Å². The summed E-state index contributed by atoms with van der Waals surface area (Å²) in [5.74, 6) is 6.90. The summed E-state index contributed by atoms with van der Waals surface area (Å²) in [6.45, 7) is 6.67. The van der Waals surface area contributed by atoms with Gasteiger partial charge in [-0.05, 0) is 43.9 Å². The zero-order valence-electron chi connectivity index (χ0n) is 11.4. The van der Waals surface area contributed by atoms with E-state index in [-0.39, 0.29) is 0 Å². The van der Waals surface area contributed by atoms with Gasteiger partial charge in [-0.1, -0.05) is 19.9 Å². The third-order valence-electron chi connectivity index (χ3n) is 3.38. The number of nitrogen functional groups attached to an aromatic ring is 1. The third-order valence-corrected chi connectivity index (χ3v) is 3.38. The SMILES string of the molecule is CC(C)CCN(Cc1cccc(NN)n1)C1CC1. The Bertz CT molecular complexity index is 374. The normalized spacial score (nSPS) is 15.4. The third kappa shape index (κ3) is 3.96. The number of nitrogens with one attached hydrogen (secondary N) is 1. The van der Waals surface area contributed by atoms with E-state index in [9.17, 15) is 0 Å². The van der Waals surface area contributed by atoms with Gasteiger partial charge in [-0.3, -0.25) is 4.90 Å². The number of anilines is 1. The minimum absolute atomic E-state index is 0.743. The van der Waals surface area contributed by atoms with Crippen LogP contribution in [0.1, 0.15) is 38.8 Å². The van der Waals surface area contributed by atoms with Crippen molar-refractivity contribution in [1.29, 1.82) is 0 Å². The minimum Gasteiger partial charge on any atom is -0.308 e. The number of hydrogen-bond acceptors (Lipinski definition) is 4. The topological polar surface area (TPSA) is 54.2 Å². The zero-order valence-corrected chi connectivity index (χ0v) is 11.4. The van der Waals surface area contributed by atoms with Crippen molar-refractivity contribution in [2.75, 3.05) is 12.0 Å². The van der Waals surface area contributed by atoms with Gasteiger partial charge in [-0.15, -0.1) is 0 Å². The summed E-state index contributed by atoms with van der Waals surface area (Å²) in [7, 11) is 0. The summed E-state index contributed by atoms with van der Waals surface area (Å²) in [4.78, 5) is 7.05. The maximum atomic E-state index is 5.39. The Morgan fingerprint density at radius 3 is 2.83 bits per heavy atom. The lowest BCUT2D eigenvalue weighted by molar-refractivity contribution is 0.237. The first-order valence-electron chi connectivity index (χ1n) is 6.85. The molecule has 1 aliphatic carbocycles. The van der Waals surface area contributed by atoms with Gasteiger partial charge < -0.3 is 5.43 Å². The van der Waals surface area contributed by atoms with Crippen molar-refractivity contribution in [2.24, 2.45) is 11.8 Å². The molecule has 0 atom stereocenters. The summed E-state index contributed by atoms with van der Waals surface area (Å²) in [5.41, 5.74) is 3.70. The molecule has 4 heteroatoms. The smallest absolute Gasteiger partial charge is 0.140 e. The van der Waals surface area contributed by atoms with E-state index in [1.807, 2.05) is 12.1 Å². The zero-order chi connectivity index (χ0) is 13.0. The lowest BCUT2D eigenvalue weighted by Gasteiger charge is -2.22. The standard InChI is InChI=1S/C14H24N4/c1-11(2)8-9-18(13-6-7-13)10-12-4-3-5-14(16-12)17-15/h3-5,11,13H,6-10,15H2,1-2H3,(H,16,17). The molecule has 0 spiro atoms. The van der Waals surface area contributed by atoms with Crippen LogP contribution in [0.2, 0.25) is 0 Å². The van der Waals surface area contributed by atoms with Crippen LogP contribution in [0.25, 0.3) is 0 Å². The van der Waals surface area contributed by atoms with Crippen LogP contribution in [-0.2, 0) is 6.54 Å². The molecule has 1 fully saturated rings. The second-order valence-corrected chi connectivity index (χ2v) is 5.54. The van der Waals surface area contributed by atoms with Crippen molar-refractivity contribution in [1.82, 2.24) is 9.88 Å². The molecular formula is C14H24N4. The van der Waals surface area contributed by atoms with Crippen LogP contribution in [0.15, 0.2) is 18.2 Å². The first kappa shape index (κ1) is 13.3. The molecule has 1 aromatic rings. The molecule has 1 aliphatic rings. The highest BCUT2D eigenvalue weighted by Crippen LogP contribution is 2.28. The molecule has 0 amide bonds. The van der Waals surface area contributed by atoms with Crippen molar-refractivity contribution in [3.8, 4) is 0 Å². The highest BCUT2D eigenvalue weighted by molar-refractivity contribution is 5.33. The van der Waals surface area contributed by atoms with E-state index in [4.69, 9.17) is 5.84 Å². The average Bonchev–Trinajstić information content (AvgIpc) is 3.18. The molecule has 0 aromatic carbocycles. The van der Waals surface area contributed by atoms with E-state index in [0.29, 0.717) is 0 Å². The molecule has 100 valence electrons. The first-order chi connectivity index (χ1) is 8.69.